The number of rotatable bonds is 2. The van der Waals surface area contributed by atoms with Gasteiger partial charge in [0.1, 0.15) is 0 Å². The van der Waals surface area contributed by atoms with Crippen LogP contribution in [0.3, 0.4) is 0 Å². The number of hydrogen-bond acceptors (Lipinski definition) is 4. The standard InChI is InChI=1S/C12H13N5/c1-8-11(14)12(17(2)16-8)15-10-5-3-4-9(6-10)7-13/h3-6,15H,14H2,1-2H3. The van der Waals surface area contributed by atoms with Gasteiger partial charge in [0.15, 0.2) is 5.82 Å². The van der Waals surface area contributed by atoms with Gasteiger partial charge in [-0.2, -0.15) is 10.4 Å². The number of benzene rings is 1. The molecular weight excluding hydrogens is 214 g/mol. The third kappa shape index (κ3) is 2.06. The first-order valence-corrected chi connectivity index (χ1v) is 5.18. The Morgan fingerprint density at radius 3 is 2.82 bits per heavy atom. The van der Waals surface area contributed by atoms with Gasteiger partial charge in [-0.15, -0.1) is 0 Å². The number of aryl methyl sites for hydroxylation is 2. The molecule has 1 aromatic carbocycles. The number of nitrogens with zero attached hydrogens (tertiary/aromatic N) is 3. The van der Waals surface area contributed by atoms with Crippen molar-refractivity contribution in [2.45, 2.75) is 6.92 Å². The second-order valence-corrected chi connectivity index (χ2v) is 3.79. The van der Waals surface area contributed by atoms with Crippen molar-refractivity contribution in [2.75, 3.05) is 11.1 Å². The maximum absolute atomic E-state index is 8.82. The molecule has 0 atom stereocenters. The van der Waals surface area contributed by atoms with Crippen LogP contribution in [0.25, 0.3) is 0 Å². The van der Waals surface area contributed by atoms with Crippen LogP contribution < -0.4 is 11.1 Å². The van der Waals surface area contributed by atoms with Crippen LogP contribution in [0, 0.1) is 18.3 Å². The highest BCUT2D eigenvalue weighted by molar-refractivity contribution is 5.71. The highest BCUT2D eigenvalue weighted by Crippen LogP contribution is 2.25. The van der Waals surface area contributed by atoms with Crippen molar-refractivity contribution in [3.05, 3.63) is 35.5 Å². The van der Waals surface area contributed by atoms with Gasteiger partial charge in [0.2, 0.25) is 0 Å². The topological polar surface area (TPSA) is 79.7 Å². The van der Waals surface area contributed by atoms with Gasteiger partial charge in [0, 0.05) is 12.7 Å². The Labute approximate surface area is 99.5 Å². The largest absolute Gasteiger partial charge is 0.394 e. The van der Waals surface area contributed by atoms with Crippen LogP contribution in [0.5, 0.6) is 0 Å². The number of nitrogens with two attached hydrogens (primary N) is 1. The van der Waals surface area contributed by atoms with E-state index in [1.54, 1.807) is 16.8 Å². The van der Waals surface area contributed by atoms with E-state index in [0.29, 0.717) is 11.3 Å². The van der Waals surface area contributed by atoms with Gasteiger partial charge in [-0.05, 0) is 25.1 Å². The van der Waals surface area contributed by atoms with Gasteiger partial charge in [0.05, 0.1) is 23.0 Å². The quantitative estimate of drug-likeness (QED) is 0.821. The lowest BCUT2D eigenvalue weighted by atomic mass is 10.2. The van der Waals surface area contributed by atoms with Crippen molar-refractivity contribution in [1.82, 2.24) is 9.78 Å². The number of nitrogens with one attached hydrogen (secondary N) is 1. The summed E-state index contributed by atoms with van der Waals surface area (Å²) in [5, 5.41) is 16.2. The number of hydrogen-bond donors (Lipinski definition) is 2. The van der Waals surface area contributed by atoms with E-state index >= 15 is 0 Å². The second-order valence-electron chi connectivity index (χ2n) is 3.79. The lowest BCUT2D eigenvalue weighted by Gasteiger charge is -2.07. The molecule has 0 bridgehead atoms. The maximum atomic E-state index is 8.82. The summed E-state index contributed by atoms with van der Waals surface area (Å²) in [6, 6.07) is 9.31. The molecule has 3 N–H and O–H groups in total. The number of anilines is 3. The number of nitriles is 1. The molecule has 2 aromatic rings. The van der Waals surface area contributed by atoms with Crippen molar-refractivity contribution in [3.8, 4) is 6.07 Å². The molecule has 17 heavy (non-hydrogen) atoms. The van der Waals surface area contributed by atoms with Gasteiger partial charge in [-0.3, -0.25) is 4.68 Å². The van der Waals surface area contributed by atoms with Crippen molar-refractivity contribution in [1.29, 1.82) is 5.26 Å². The molecule has 0 unspecified atom stereocenters. The van der Waals surface area contributed by atoms with Crippen LogP contribution in [-0.2, 0) is 7.05 Å². The maximum Gasteiger partial charge on any atom is 0.152 e. The summed E-state index contributed by atoms with van der Waals surface area (Å²) < 4.78 is 1.68. The number of nitrogen functional groups attached to an aromatic ring is 1. The summed E-state index contributed by atoms with van der Waals surface area (Å²) in [6.45, 7) is 1.85. The normalized spacial score (nSPS) is 9.94. The predicted octanol–water partition coefficient (Wildman–Crippen LogP) is 1.93. The molecule has 0 aliphatic heterocycles. The fraction of sp³-hybridized carbons (Fsp3) is 0.167. The van der Waals surface area contributed by atoms with Crippen molar-refractivity contribution >= 4 is 17.2 Å². The minimum atomic E-state index is 0.604. The first-order chi connectivity index (χ1) is 8.11. The molecule has 86 valence electrons. The molecule has 5 nitrogen and oxygen atoms in total. The molecule has 0 saturated carbocycles. The molecule has 0 saturated heterocycles. The third-order valence-corrected chi connectivity index (χ3v) is 2.52. The lowest BCUT2D eigenvalue weighted by molar-refractivity contribution is 0.765. The van der Waals surface area contributed by atoms with Gasteiger partial charge >= 0.3 is 0 Å². The summed E-state index contributed by atoms with van der Waals surface area (Å²) >= 11 is 0. The van der Waals surface area contributed by atoms with Crippen LogP contribution in [0.2, 0.25) is 0 Å². The fourth-order valence-corrected chi connectivity index (χ4v) is 1.63. The molecule has 0 amide bonds. The van der Waals surface area contributed by atoms with Crippen LogP contribution in [0.1, 0.15) is 11.3 Å². The van der Waals surface area contributed by atoms with Crippen LogP contribution in [0.15, 0.2) is 24.3 Å². The third-order valence-electron chi connectivity index (χ3n) is 2.52. The Bertz CT molecular complexity index is 591. The van der Waals surface area contributed by atoms with Crippen LogP contribution in [0.4, 0.5) is 17.2 Å². The zero-order valence-electron chi connectivity index (χ0n) is 9.73. The van der Waals surface area contributed by atoms with E-state index in [-0.39, 0.29) is 0 Å². The summed E-state index contributed by atoms with van der Waals surface area (Å²) in [4.78, 5) is 0. The Morgan fingerprint density at radius 2 is 2.24 bits per heavy atom. The van der Waals surface area contributed by atoms with Gasteiger partial charge in [0.25, 0.3) is 0 Å². The van der Waals surface area contributed by atoms with E-state index in [1.165, 1.54) is 0 Å². The molecule has 2 rings (SSSR count). The monoisotopic (exact) mass is 227 g/mol. The molecule has 0 aliphatic carbocycles. The summed E-state index contributed by atoms with van der Waals surface area (Å²) in [6.07, 6.45) is 0. The van der Waals surface area contributed by atoms with E-state index in [0.717, 1.165) is 17.2 Å². The van der Waals surface area contributed by atoms with E-state index < -0.39 is 0 Å². The van der Waals surface area contributed by atoms with E-state index in [2.05, 4.69) is 16.5 Å². The molecule has 0 fully saturated rings. The highest BCUT2D eigenvalue weighted by atomic mass is 15.3. The zero-order valence-corrected chi connectivity index (χ0v) is 9.73. The Kier molecular flexibility index (Phi) is 2.71. The average Bonchev–Trinajstić information content (AvgIpc) is 2.56. The van der Waals surface area contributed by atoms with Crippen molar-refractivity contribution in [3.63, 3.8) is 0 Å². The molecule has 0 spiro atoms. The van der Waals surface area contributed by atoms with Crippen molar-refractivity contribution < 1.29 is 0 Å². The van der Waals surface area contributed by atoms with E-state index in [4.69, 9.17) is 11.0 Å². The first-order valence-electron chi connectivity index (χ1n) is 5.18. The molecule has 1 aromatic heterocycles. The fourth-order valence-electron chi connectivity index (χ4n) is 1.63. The van der Waals surface area contributed by atoms with Crippen LogP contribution in [-0.4, -0.2) is 9.78 Å². The Hall–Kier alpha value is -2.48. The number of aromatic nitrogens is 2. The minimum absolute atomic E-state index is 0.604. The Balaban J connectivity index is 2.35. The Morgan fingerprint density at radius 1 is 1.47 bits per heavy atom. The average molecular weight is 227 g/mol. The molecule has 1 heterocycles. The zero-order chi connectivity index (χ0) is 12.4. The SMILES string of the molecule is Cc1nn(C)c(Nc2cccc(C#N)c2)c1N. The summed E-state index contributed by atoms with van der Waals surface area (Å²) in [5.41, 5.74) is 8.74. The minimum Gasteiger partial charge on any atom is -0.394 e. The van der Waals surface area contributed by atoms with Gasteiger partial charge in [-0.1, -0.05) is 6.07 Å². The van der Waals surface area contributed by atoms with Gasteiger partial charge in [-0.25, -0.2) is 0 Å². The van der Waals surface area contributed by atoms with Crippen LogP contribution >= 0.6 is 0 Å². The molecular formula is C12H13N5. The first kappa shape index (κ1) is 11.0. The van der Waals surface area contributed by atoms with Gasteiger partial charge < -0.3 is 11.1 Å². The predicted molar refractivity (Wildman–Crippen MR) is 66.8 cm³/mol. The molecule has 5 heteroatoms. The van der Waals surface area contributed by atoms with Crippen molar-refractivity contribution in [2.24, 2.45) is 7.05 Å². The molecule has 0 radical (unpaired) electrons. The lowest BCUT2D eigenvalue weighted by Crippen LogP contribution is -2.01. The highest BCUT2D eigenvalue weighted by Gasteiger charge is 2.09. The van der Waals surface area contributed by atoms with E-state index in [1.807, 2.05) is 26.1 Å². The van der Waals surface area contributed by atoms with E-state index in [9.17, 15) is 0 Å². The smallest absolute Gasteiger partial charge is 0.152 e. The summed E-state index contributed by atoms with van der Waals surface area (Å²) in [5.74, 6) is 0.734. The molecule has 0 aliphatic rings. The second kappa shape index (κ2) is 4.18. The summed E-state index contributed by atoms with van der Waals surface area (Å²) in [7, 11) is 1.82.